The summed E-state index contributed by atoms with van der Waals surface area (Å²) in [5, 5.41) is 0.663. The summed E-state index contributed by atoms with van der Waals surface area (Å²) in [7, 11) is 0. The maximum absolute atomic E-state index is 15.0. The van der Waals surface area contributed by atoms with Gasteiger partial charge in [-0.25, -0.2) is 13.6 Å². The predicted octanol–water partition coefficient (Wildman–Crippen LogP) is 3.77. The lowest BCUT2D eigenvalue weighted by Crippen LogP contribution is -2.54. The molecule has 3 aromatic rings. The van der Waals surface area contributed by atoms with Crippen LogP contribution in [0, 0.1) is 11.6 Å². The minimum atomic E-state index is -0.823. The van der Waals surface area contributed by atoms with Crippen molar-refractivity contribution >= 4 is 40.1 Å². The quantitative estimate of drug-likeness (QED) is 0.425. The number of hydrogen-bond acceptors (Lipinski definition) is 6. The molecular formula is C29H28ClF2N5O4. The summed E-state index contributed by atoms with van der Waals surface area (Å²) in [6, 6.07) is 4.08. The summed E-state index contributed by atoms with van der Waals surface area (Å²) in [6.07, 6.45) is 2.47. The van der Waals surface area contributed by atoms with Crippen LogP contribution in [0.1, 0.15) is 25.8 Å². The number of nitrogens with zero attached hydrogens (tertiary/aromatic N) is 5. The summed E-state index contributed by atoms with van der Waals surface area (Å²) >= 11 is 6.78. The van der Waals surface area contributed by atoms with Crippen molar-refractivity contribution < 1.29 is 23.1 Å². The molecule has 2 amide bonds. The monoisotopic (exact) mass is 583 g/mol. The molecule has 2 fully saturated rings. The molecule has 4 heterocycles. The van der Waals surface area contributed by atoms with E-state index in [9.17, 15) is 18.8 Å². The fourth-order valence-electron chi connectivity index (χ4n) is 6.11. The van der Waals surface area contributed by atoms with Gasteiger partial charge in [0.1, 0.15) is 24.1 Å². The highest BCUT2D eigenvalue weighted by Gasteiger charge is 2.36. The lowest BCUT2D eigenvalue weighted by atomic mass is 9.99. The largest absolute Gasteiger partial charge is 0.488 e. The van der Waals surface area contributed by atoms with Gasteiger partial charge in [0.25, 0.3) is 0 Å². The number of amides is 2. The van der Waals surface area contributed by atoms with Gasteiger partial charge in [0, 0.05) is 67.8 Å². The fourth-order valence-corrected chi connectivity index (χ4v) is 6.41. The van der Waals surface area contributed by atoms with E-state index in [-0.39, 0.29) is 52.9 Å². The first-order valence-electron chi connectivity index (χ1n) is 13.5. The number of ether oxygens (including phenoxy) is 1. The van der Waals surface area contributed by atoms with E-state index < -0.39 is 23.4 Å². The Labute approximate surface area is 239 Å². The number of benzene rings is 2. The molecule has 0 bridgehead atoms. The summed E-state index contributed by atoms with van der Waals surface area (Å²) < 4.78 is 36.6. The Morgan fingerprint density at radius 3 is 2.71 bits per heavy atom. The Morgan fingerprint density at radius 1 is 1.22 bits per heavy atom. The highest BCUT2D eigenvalue weighted by molar-refractivity contribution is 6.35. The average molecular weight is 584 g/mol. The Balaban J connectivity index is 1.55. The number of halogens is 3. The molecule has 0 spiro atoms. The van der Waals surface area contributed by atoms with Gasteiger partial charge in [0.15, 0.2) is 5.75 Å². The normalized spacial score (nSPS) is 20.5. The third kappa shape index (κ3) is 4.61. The molecular weight excluding hydrogens is 556 g/mol. The highest BCUT2D eigenvalue weighted by Crippen LogP contribution is 2.47. The molecule has 12 heteroatoms. The van der Waals surface area contributed by atoms with Crippen molar-refractivity contribution in [3.63, 3.8) is 0 Å². The highest BCUT2D eigenvalue weighted by atomic mass is 35.5. The van der Waals surface area contributed by atoms with Gasteiger partial charge in [-0.1, -0.05) is 18.2 Å². The van der Waals surface area contributed by atoms with Crippen LogP contribution < -0.4 is 15.3 Å². The van der Waals surface area contributed by atoms with Gasteiger partial charge in [-0.2, -0.15) is 4.98 Å². The van der Waals surface area contributed by atoms with E-state index in [0.717, 1.165) is 18.6 Å². The summed E-state index contributed by atoms with van der Waals surface area (Å²) in [5.41, 5.74) is 0.0667. The van der Waals surface area contributed by atoms with Crippen molar-refractivity contribution in [1.82, 2.24) is 19.4 Å². The summed E-state index contributed by atoms with van der Waals surface area (Å²) in [4.78, 5) is 48.3. The standard InChI is InChI=1S/C29H28ClF2N5O4/c1-3-23(38)35-9-10-36(16(2)13-35)28-20-12-21(30)25(19-7-6-17(31)11-22(19)32)27-26(20)37(29(40)33-28)18(15-41-27)14-34-8-4-5-24(34)39/h3,6-7,11-12,16,18H,1,4-5,8-10,13-15H2,2H3/t16-,18?/m0/s1. The molecule has 2 saturated heterocycles. The van der Waals surface area contributed by atoms with Gasteiger partial charge < -0.3 is 19.4 Å². The number of rotatable bonds is 5. The van der Waals surface area contributed by atoms with E-state index in [1.165, 1.54) is 16.7 Å². The molecule has 0 aliphatic carbocycles. The van der Waals surface area contributed by atoms with E-state index in [1.807, 2.05) is 11.8 Å². The zero-order valence-electron chi connectivity index (χ0n) is 22.4. The van der Waals surface area contributed by atoms with Crippen molar-refractivity contribution in [2.45, 2.75) is 31.8 Å². The number of anilines is 1. The number of carbonyl (C=O) groups excluding carboxylic acids is 2. The molecule has 9 nitrogen and oxygen atoms in total. The molecule has 214 valence electrons. The van der Waals surface area contributed by atoms with Gasteiger partial charge in [0.2, 0.25) is 11.8 Å². The van der Waals surface area contributed by atoms with Crippen LogP contribution in [0.4, 0.5) is 14.6 Å². The smallest absolute Gasteiger partial charge is 0.350 e. The van der Waals surface area contributed by atoms with E-state index in [4.69, 9.17) is 16.3 Å². The second kappa shape index (κ2) is 10.4. The van der Waals surface area contributed by atoms with Crippen LogP contribution in [0.25, 0.3) is 22.0 Å². The Kier molecular flexibility index (Phi) is 6.93. The van der Waals surface area contributed by atoms with Crippen molar-refractivity contribution in [2.75, 3.05) is 44.2 Å². The zero-order valence-corrected chi connectivity index (χ0v) is 23.2. The molecule has 0 radical (unpaired) electrons. The van der Waals surface area contributed by atoms with Crippen LogP contribution >= 0.6 is 11.6 Å². The van der Waals surface area contributed by atoms with Gasteiger partial charge in [-0.3, -0.25) is 14.2 Å². The van der Waals surface area contributed by atoms with Crippen molar-refractivity contribution in [1.29, 1.82) is 0 Å². The van der Waals surface area contributed by atoms with E-state index in [0.29, 0.717) is 49.3 Å². The van der Waals surface area contributed by atoms with Crippen LogP contribution in [-0.2, 0) is 9.59 Å². The molecule has 41 heavy (non-hydrogen) atoms. The second-order valence-corrected chi connectivity index (χ2v) is 11.0. The van der Waals surface area contributed by atoms with Crippen molar-refractivity contribution in [2.24, 2.45) is 0 Å². The average Bonchev–Trinajstić information content (AvgIpc) is 3.35. The molecule has 2 aromatic carbocycles. The predicted molar refractivity (Wildman–Crippen MR) is 150 cm³/mol. The molecule has 0 saturated carbocycles. The lowest BCUT2D eigenvalue weighted by Gasteiger charge is -2.41. The number of carbonyl (C=O) groups is 2. The number of aromatic nitrogens is 2. The number of piperazine rings is 1. The minimum absolute atomic E-state index is 0.00983. The van der Waals surface area contributed by atoms with Gasteiger partial charge in [-0.15, -0.1) is 0 Å². The Morgan fingerprint density at radius 2 is 2.02 bits per heavy atom. The molecule has 6 rings (SSSR count). The maximum Gasteiger partial charge on any atom is 0.350 e. The lowest BCUT2D eigenvalue weighted by molar-refractivity contribution is -0.128. The van der Waals surface area contributed by atoms with Crippen LogP contribution in [0.5, 0.6) is 5.75 Å². The van der Waals surface area contributed by atoms with Crippen LogP contribution in [0.3, 0.4) is 0 Å². The first kappa shape index (κ1) is 27.2. The first-order valence-corrected chi connectivity index (χ1v) is 13.9. The molecule has 0 N–H and O–H groups in total. The minimum Gasteiger partial charge on any atom is -0.488 e. The third-order valence-electron chi connectivity index (χ3n) is 8.07. The third-order valence-corrected chi connectivity index (χ3v) is 8.37. The molecule has 3 aliphatic rings. The summed E-state index contributed by atoms with van der Waals surface area (Å²) in [6.45, 7) is 7.57. The SMILES string of the molecule is C=CC(=O)N1CCN(c2nc(=O)n3c4c(c(-c5ccc(F)cc5F)c(Cl)cc24)OCC3CN2CCCC2=O)[C@@H](C)C1. The molecule has 3 aliphatic heterocycles. The van der Waals surface area contributed by atoms with E-state index in [1.54, 1.807) is 15.9 Å². The van der Waals surface area contributed by atoms with Gasteiger partial charge >= 0.3 is 5.69 Å². The van der Waals surface area contributed by atoms with Crippen molar-refractivity contribution in [3.8, 4) is 16.9 Å². The topological polar surface area (TPSA) is 88.0 Å². The van der Waals surface area contributed by atoms with Crippen molar-refractivity contribution in [3.05, 3.63) is 64.1 Å². The first-order chi connectivity index (χ1) is 19.7. The fraction of sp³-hybridized carbons (Fsp3) is 0.379. The second-order valence-electron chi connectivity index (χ2n) is 10.6. The number of hydrogen-bond donors (Lipinski definition) is 0. The number of likely N-dealkylation sites (tertiary alicyclic amines) is 1. The molecule has 1 aromatic heterocycles. The van der Waals surface area contributed by atoms with Gasteiger partial charge in [0.05, 0.1) is 16.6 Å². The van der Waals surface area contributed by atoms with E-state index >= 15 is 4.39 Å². The van der Waals surface area contributed by atoms with Crippen LogP contribution in [0.2, 0.25) is 5.02 Å². The molecule has 2 atom stereocenters. The Bertz CT molecular complexity index is 1660. The Hall–Kier alpha value is -3.99. The maximum atomic E-state index is 15.0. The van der Waals surface area contributed by atoms with E-state index in [2.05, 4.69) is 11.6 Å². The van der Waals surface area contributed by atoms with Gasteiger partial charge in [-0.05, 0) is 37.6 Å². The summed E-state index contributed by atoms with van der Waals surface area (Å²) in [5.74, 6) is -1.17. The van der Waals surface area contributed by atoms with Crippen LogP contribution in [-0.4, -0.2) is 76.5 Å². The molecule has 1 unspecified atom stereocenters. The van der Waals surface area contributed by atoms with Crippen LogP contribution in [0.15, 0.2) is 41.7 Å². The zero-order chi connectivity index (χ0) is 29.0.